The van der Waals surface area contributed by atoms with Crippen molar-refractivity contribution in [3.63, 3.8) is 0 Å². The van der Waals surface area contributed by atoms with Gasteiger partial charge in [-0.25, -0.2) is 13.6 Å². The molecule has 3 N–H and O–H groups in total. The molecular formula is C21H20F2N4O4. The van der Waals surface area contributed by atoms with E-state index in [4.69, 9.17) is 0 Å². The summed E-state index contributed by atoms with van der Waals surface area (Å²) in [6.07, 6.45) is 0. The van der Waals surface area contributed by atoms with Gasteiger partial charge in [0.25, 0.3) is 5.91 Å². The first-order valence-corrected chi connectivity index (χ1v) is 9.33. The number of hydrogen-bond donors (Lipinski definition) is 3. The smallest absolute Gasteiger partial charge is 0.325 e. The Bertz CT molecular complexity index is 1060. The molecule has 1 heterocycles. The standard InChI is InChI=1S/C21H20F2N4O4/c1-12-3-5-13(6-4-12)21(2)19(30)27(20(31)26-21)11-18(29)24-10-17(28)25-14-7-8-15(22)16(23)9-14/h3-9H,10-11H2,1-2H3,(H,24,29)(H,25,28)(H,26,31)/t21-/m0/s1. The van der Waals surface area contributed by atoms with Crippen LogP contribution in [0.3, 0.4) is 0 Å². The zero-order valence-electron chi connectivity index (χ0n) is 16.8. The maximum Gasteiger partial charge on any atom is 0.325 e. The van der Waals surface area contributed by atoms with Crippen molar-refractivity contribution in [3.8, 4) is 0 Å². The fourth-order valence-corrected chi connectivity index (χ4v) is 3.08. The fourth-order valence-electron chi connectivity index (χ4n) is 3.08. The molecule has 0 bridgehead atoms. The van der Waals surface area contributed by atoms with Crippen LogP contribution in [-0.2, 0) is 19.9 Å². The quantitative estimate of drug-likeness (QED) is 0.608. The zero-order valence-corrected chi connectivity index (χ0v) is 16.8. The van der Waals surface area contributed by atoms with E-state index < -0.39 is 54.0 Å². The summed E-state index contributed by atoms with van der Waals surface area (Å²) in [6.45, 7) is 2.37. The first-order chi connectivity index (χ1) is 14.6. The summed E-state index contributed by atoms with van der Waals surface area (Å²) in [4.78, 5) is 49.9. The molecule has 2 aromatic carbocycles. The Morgan fingerprint density at radius 2 is 1.71 bits per heavy atom. The number of carbonyl (C=O) groups is 4. The summed E-state index contributed by atoms with van der Waals surface area (Å²) in [5.74, 6) is -4.21. The van der Waals surface area contributed by atoms with Gasteiger partial charge in [-0.2, -0.15) is 0 Å². The van der Waals surface area contributed by atoms with E-state index in [1.54, 1.807) is 31.2 Å². The summed E-state index contributed by atoms with van der Waals surface area (Å²) in [7, 11) is 0. The van der Waals surface area contributed by atoms with Gasteiger partial charge in [-0.05, 0) is 31.5 Å². The van der Waals surface area contributed by atoms with Crippen LogP contribution in [-0.4, -0.2) is 41.7 Å². The van der Waals surface area contributed by atoms with Gasteiger partial charge in [0.2, 0.25) is 11.8 Å². The van der Waals surface area contributed by atoms with E-state index >= 15 is 0 Å². The molecule has 1 fully saturated rings. The van der Waals surface area contributed by atoms with Gasteiger partial charge in [-0.15, -0.1) is 0 Å². The second-order valence-electron chi connectivity index (χ2n) is 7.27. The fraction of sp³-hybridized carbons (Fsp3) is 0.238. The topological polar surface area (TPSA) is 108 Å². The number of urea groups is 1. The van der Waals surface area contributed by atoms with Crippen LogP contribution in [0.1, 0.15) is 18.1 Å². The summed E-state index contributed by atoms with van der Waals surface area (Å²) in [5.41, 5.74) is 0.267. The van der Waals surface area contributed by atoms with Crippen molar-refractivity contribution in [2.24, 2.45) is 0 Å². The van der Waals surface area contributed by atoms with Crippen LogP contribution in [0.15, 0.2) is 42.5 Å². The van der Waals surface area contributed by atoms with E-state index in [-0.39, 0.29) is 5.69 Å². The lowest BCUT2D eigenvalue weighted by Crippen LogP contribution is -2.44. The van der Waals surface area contributed by atoms with E-state index in [0.717, 1.165) is 28.7 Å². The molecular weight excluding hydrogens is 410 g/mol. The van der Waals surface area contributed by atoms with Gasteiger partial charge < -0.3 is 16.0 Å². The monoisotopic (exact) mass is 430 g/mol. The highest BCUT2D eigenvalue weighted by Gasteiger charge is 2.49. The average molecular weight is 430 g/mol. The Morgan fingerprint density at radius 3 is 2.35 bits per heavy atom. The lowest BCUT2D eigenvalue weighted by Gasteiger charge is -2.22. The third kappa shape index (κ3) is 4.68. The van der Waals surface area contributed by atoms with Crippen LogP contribution < -0.4 is 16.0 Å². The van der Waals surface area contributed by atoms with Crippen molar-refractivity contribution in [3.05, 3.63) is 65.2 Å². The van der Waals surface area contributed by atoms with Crippen LogP contribution in [0.4, 0.5) is 19.3 Å². The second kappa shape index (κ2) is 8.50. The first-order valence-electron chi connectivity index (χ1n) is 9.33. The van der Waals surface area contributed by atoms with Gasteiger partial charge in [-0.3, -0.25) is 19.3 Å². The van der Waals surface area contributed by atoms with Crippen LogP contribution >= 0.6 is 0 Å². The number of halogens is 2. The van der Waals surface area contributed by atoms with E-state index in [2.05, 4.69) is 16.0 Å². The molecule has 0 saturated carbocycles. The number of aryl methyl sites for hydroxylation is 1. The highest BCUT2D eigenvalue weighted by Crippen LogP contribution is 2.28. The first kappa shape index (κ1) is 21.9. The van der Waals surface area contributed by atoms with Crippen molar-refractivity contribution in [2.45, 2.75) is 19.4 Å². The Hall–Kier alpha value is -3.82. The number of amides is 5. The predicted molar refractivity (Wildman–Crippen MR) is 107 cm³/mol. The highest BCUT2D eigenvalue weighted by atomic mass is 19.2. The van der Waals surface area contributed by atoms with E-state index in [9.17, 15) is 28.0 Å². The maximum absolute atomic E-state index is 13.2. The number of nitrogens with one attached hydrogen (secondary N) is 3. The van der Waals surface area contributed by atoms with E-state index in [1.807, 2.05) is 6.92 Å². The summed E-state index contributed by atoms with van der Waals surface area (Å²) >= 11 is 0. The molecule has 0 radical (unpaired) electrons. The minimum absolute atomic E-state index is 0.0149. The molecule has 0 aromatic heterocycles. The van der Waals surface area contributed by atoms with Crippen molar-refractivity contribution in [1.82, 2.24) is 15.5 Å². The largest absolute Gasteiger partial charge is 0.345 e. The molecule has 5 amide bonds. The Kier molecular flexibility index (Phi) is 6.00. The van der Waals surface area contributed by atoms with Gasteiger partial charge in [0.15, 0.2) is 11.6 Å². The molecule has 0 unspecified atom stereocenters. The predicted octanol–water partition coefficient (Wildman–Crippen LogP) is 1.80. The third-order valence-electron chi connectivity index (χ3n) is 4.86. The molecule has 0 spiro atoms. The van der Waals surface area contributed by atoms with Crippen LogP contribution in [0.5, 0.6) is 0 Å². The Labute approximate surface area is 176 Å². The third-order valence-corrected chi connectivity index (χ3v) is 4.86. The van der Waals surface area contributed by atoms with E-state index in [0.29, 0.717) is 5.56 Å². The number of benzene rings is 2. The summed E-state index contributed by atoms with van der Waals surface area (Å²) in [6, 6.07) is 9.15. The molecule has 162 valence electrons. The van der Waals surface area contributed by atoms with Crippen molar-refractivity contribution < 1.29 is 28.0 Å². The number of anilines is 1. The molecule has 10 heteroatoms. The molecule has 1 atom stereocenters. The van der Waals surface area contributed by atoms with Gasteiger partial charge in [0.1, 0.15) is 12.1 Å². The van der Waals surface area contributed by atoms with Crippen molar-refractivity contribution in [2.75, 3.05) is 18.4 Å². The molecule has 1 saturated heterocycles. The lowest BCUT2D eigenvalue weighted by atomic mass is 9.91. The number of carbonyl (C=O) groups excluding carboxylic acids is 4. The zero-order chi connectivity index (χ0) is 22.8. The minimum Gasteiger partial charge on any atom is -0.345 e. The molecule has 2 aromatic rings. The molecule has 1 aliphatic heterocycles. The number of nitrogens with zero attached hydrogens (tertiary/aromatic N) is 1. The van der Waals surface area contributed by atoms with Crippen molar-refractivity contribution >= 4 is 29.4 Å². The average Bonchev–Trinajstić information content (AvgIpc) is 2.93. The number of rotatable bonds is 6. The van der Waals surface area contributed by atoms with Crippen LogP contribution in [0.2, 0.25) is 0 Å². The molecule has 3 rings (SSSR count). The van der Waals surface area contributed by atoms with Gasteiger partial charge in [0.05, 0.1) is 6.54 Å². The SMILES string of the molecule is Cc1ccc([C@]2(C)NC(=O)N(CC(=O)NCC(=O)Nc3ccc(F)c(F)c3)C2=O)cc1. The van der Waals surface area contributed by atoms with E-state index in [1.165, 1.54) is 0 Å². The maximum atomic E-state index is 13.2. The van der Waals surface area contributed by atoms with Gasteiger partial charge >= 0.3 is 6.03 Å². The number of hydrogen-bond acceptors (Lipinski definition) is 4. The normalized spacial score (nSPS) is 18.0. The molecule has 1 aliphatic rings. The van der Waals surface area contributed by atoms with Crippen LogP contribution in [0, 0.1) is 18.6 Å². The summed E-state index contributed by atoms with van der Waals surface area (Å²) in [5, 5.41) is 7.16. The minimum atomic E-state index is -1.31. The highest BCUT2D eigenvalue weighted by molar-refractivity contribution is 6.09. The van der Waals surface area contributed by atoms with Gasteiger partial charge in [0, 0.05) is 11.8 Å². The Balaban J connectivity index is 1.56. The lowest BCUT2D eigenvalue weighted by molar-refractivity contribution is -0.135. The van der Waals surface area contributed by atoms with Gasteiger partial charge in [-0.1, -0.05) is 29.8 Å². The second-order valence-corrected chi connectivity index (χ2v) is 7.27. The summed E-state index contributed by atoms with van der Waals surface area (Å²) < 4.78 is 26.1. The molecule has 8 nitrogen and oxygen atoms in total. The van der Waals surface area contributed by atoms with Crippen molar-refractivity contribution in [1.29, 1.82) is 0 Å². The molecule has 0 aliphatic carbocycles. The number of imide groups is 1. The van der Waals surface area contributed by atoms with Crippen LogP contribution in [0.25, 0.3) is 0 Å². The molecule has 31 heavy (non-hydrogen) atoms. The Morgan fingerprint density at radius 1 is 1.03 bits per heavy atom.